The van der Waals surface area contributed by atoms with Gasteiger partial charge in [-0.1, -0.05) is 54.6 Å². The molecule has 144 valence electrons. The molecule has 0 radical (unpaired) electrons. The van der Waals surface area contributed by atoms with Gasteiger partial charge in [0.2, 0.25) is 0 Å². The van der Waals surface area contributed by atoms with Crippen LogP contribution in [0.3, 0.4) is 0 Å². The zero-order chi connectivity index (χ0) is 19.0. The highest BCUT2D eigenvalue weighted by molar-refractivity contribution is 5.85. The second-order valence-electron chi connectivity index (χ2n) is 8.15. The van der Waals surface area contributed by atoms with Crippen molar-refractivity contribution < 1.29 is 9.47 Å². The maximum atomic E-state index is 6.59. The second kappa shape index (κ2) is 7.14. The van der Waals surface area contributed by atoms with Crippen LogP contribution < -0.4 is 14.8 Å². The maximum absolute atomic E-state index is 6.59. The van der Waals surface area contributed by atoms with E-state index in [0.717, 1.165) is 37.3 Å². The van der Waals surface area contributed by atoms with Crippen molar-refractivity contribution in [1.82, 2.24) is 5.32 Å². The Labute approximate surface area is 166 Å². The van der Waals surface area contributed by atoms with Crippen molar-refractivity contribution in [3.05, 3.63) is 71.8 Å². The van der Waals surface area contributed by atoms with Crippen LogP contribution in [0.2, 0.25) is 0 Å². The molecule has 28 heavy (non-hydrogen) atoms. The molecule has 0 aromatic heterocycles. The summed E-state index contributed by atoms with van der Waals surface area (Å²) < 4.78 is 12.2. The Hall–Kier alpha value is -2.52. The van der Waals surface area contributed by atoms with Gasteiger partial charge < -0.3 is 14.8 Å². The highest BCUT2D eigenvalue weighted by atomic mass is 16.5. The van der Waals surface area contributed by atoms with Gasteiger partial charge in [-0.15, -0.1) is 0 Å². The minimum atomic E-state index is -0.0436. The average Bonchev–Trinajstić information content (AvgIpc) is 3.19. The van der Waals surface area contributed by atoms with Gasteiger partial charge in [0.15, 0.2) is 11.5 Å². The third kappa shape index (κ3) is 3.04. The van der Waals surface area contributed by atoms with Crippen LogP contribution in [0.1, 0.15) is 49.3 Å². The molecule has 1 heterocycles. The van der Waals surface area contributed by atoms with Gasteiger partial charge in [0.05, 0.1) is 7.11 Å². The fraction of sp³-hybridized carbons (Fsp3) is 0.360. The van der Waals surface area contributed by atoms with Crippen molar-refractivity contribution in [2.75, 3.05) is 7.11 Å². The lowest BCUT2D eigenvalue weighted by Gasteiger charge is -2.41. The van der Waals surface area contributed by atoms with Crippen LogP contribution in [0, 0.1) is 0 Å². The van der Waals surface area contributed by atoms with Crippen LogP contribution in [0.25, 0.3) is 10.8 Å². The lowest BCUT2D eigenvalue weighted by Crippen LogP contribution is -2.42. The largest absolute Gasteiger partial charge is 0.493 e. The standard InChI is InChI=1S/C25H27NO2/c1-27-23-13-7-12-21-22(16-25(28-24(21)23)14-4-5-15-25)26-17-19-10-6-9-18-8-2-3-11-20(18)19/h2-3,6-13,22,26H,4-5,14-17H2,1H3/t22-/m0/s1. The summed E-state index contributed by atoms with van der Waals surface area (Å²) in [5, 5.41) is 6.47. The van der Waals surface area contributed by atoms with Crippen molar-refractivity contribution in [3.8, 4) is 11.5 Å². The van der Waals surface area contributed by atoms with Crippen LogP contribution in [0.5, 0.6) is 11.5 Å². The first kappa shape index (κ1) is 17.6. The molecule has 0 amide bonds. The minimum absolute atomic E-state index is 0.0436. The topological polar surface area (TPSA) is 30.5 Å². The van der Waals surface area contributed by atoms with E-state index in [1.807, 2.05) is 6.07 Å². The summed E-state index contributed by atoms with van der Waals surface area (Å²) in [5.41, 5.74) is 2.52. The molecule has 1 aliphatic carbocycles. The average molecular weight is 373 g/mol. The Balaban J connectivity index is 1.47. The number of rotatable bonds is 4. The van der Waals surface area contributed by atoms with Crippen LogP contribution in [-0.2, 0) is 6.54 Å². The van der Waals surface area contributed by atoms with Crippen molar-refractivity contribution in [2.24, 2.45) is 0 Å². The molecule has 1 aliphatic heterocycles. The van der Waals surface area contributed by atoms with Crippen LogP contribution >= 0.6 is 0 Å². The number of fused-ring (bicyclic) bond motifs is 2. The Morgan fingerprint density at radius 1 is 1.00 bits per heavy atom. The zero-order valence-electron chi connectivity index (χ0n) is 16.4. The molecule has 0 unspecified atom stereocenters. The Kier molecular flexibility index (Phi) is 4.48. The minimum Gasteiger partial charge on any atom is -0.493 e. The molecule has 0 saturated heterocycles. The predicted molar refractivity (Wildman–Crippen MR) is 113 cm³/mol. The van der Waals surface area contributed by atoms with E-state index in [9.17, 15) is 0 Å². The molecular weight excluding hydrogens is 346 g/mol. The first-order valence-electron chi connectivity index (χ1n) is 10.3. The number of para-hydroxylation sites is 1. The van der Waals surface area contributed by atoms with Crippen LogP contribution in [-0.4, -0.2) is 12.7 Å². The summed E-state index contributed by atoms with van der Waals surface area (Å²) in [6.07, 6.45) is 5.80. The number of hydrogen-bond donors (Lipinski definition) is 1. The zero-order valence-corrected chi connectivity index (χ0v) is 16.4. The molecule has 1 saturated carbocycles. The Morgan fingerprint density at radius 2 is 1.79 bits per heavy atom. The van der Waals surface area contributed by atoms with E-state index < -0.39 is 0 Å². The van der Waals surface area contributed by atoms with E-state index in [-0.39, 0.29) is 11.6 Å². The summed E-state index contributed by atoms with van der Waals surface area (Å²) in [6, 6.07) is 21.7. The molecule has 0 bridgehead atoms. The van der Waals surface area contributed by atoms with E-state index in [4.69, 9.17) is 9.47 Å². The molecule has 1 atom stereocenters. The number of hydrogen-bond acceptors (Lipinski definition) is 3. The summed E-state index contributed by atoms with van der Waals surface area (Å²) in [7, 11) is 1.73. The molecule has 3 nitrogen and oxygen atoms in total. The van der Waals surface area contributed by atoms with Gasteiger partial charge in [-0.25, -0.2) is 0 Å². The third-order valence-corrected chi connectivity index (χ3v) is 6.43. The van der Waals surface area contributed by atoms with Gasteiger partial charge in [-0.2, -0.15) is 0 Å². The molecular formula is C25H27NO2. The first-order valence-corrected chi connectivity index (χ1v) is 10.3. The van der Waals surface area contributed by atoms with E-state index in [1.165, 1.54) is 34.7 Å². The Morgan fingerprint density at radius 3 is 2.64 bits per heavy atom. The normalized spacial score (nSPS) is 20.1. The SMILES string of the molecule is COc1cccc2c1OC1(CCCC1)C[C@@H]2NCc1cccc2ccccc12. The van der Waals surface area contributed by atoms with Gasteiger partial charge in [0.25, 0.3) is 0 Å². The highest BCUT2D eigenvalue weighted by Crippen LogP contribution is 2.50. The van der Waals surface area contributed by atoms with Gasteiger partial charge in [0.1, 0.15) is 5.60 Å². The van der Waals surface area contributed by atoms with E-state index in [2.05, 4.69) is 59.9 Å². The van der Waals surface area contributed by atoms with E-state index in [1.54, 1.807) is 7.11 Å². The van der Waals surface area contributed by atoms with Gasteiger partial charge in [0, 0.05) is 24.6 Å². The molecule has 1 spiro atoms. The maximum Gasteiger partial charge on any atom is 0.166 e. The van der Waals surface area contributed by atoms with Crippen molar-refractivity contribution in [2.45, 2.75) is 50.3 Å². The number of nitrogens with one attached hydrogen (secondary N) is 1. The quantitative estimate of drug-likeness (QED) is 0.629. The molecule has 3 heteroatoms. The molecule has 1 fully saturated rings. The highest BCUT2D eigenvalue weighted by Gasteiger charge is 2.43. The summed E-state index contributed by atoms with van der Waals surface area (Å²) >= 11 is 0. The fourth-order valence-corrected chi connectivity index (χ4v) is 5.00. The third-order valence-electron chi connectivity index (χ3n) is 6.43. The first-order chi connectivity index (χ1) is 13.8. The van der Waals surface area contributed by atoms with E-state index >= 15 is 0 Å². The fourth-order valence-electron chi connectivity index (χ4n) is 5.00. The smallest absolute Gasteiger partial charge is 0.166 e. The van der Waals surface area contributed by atoms with Gasteiger partial charge in [-0.05, 0) is 48.1 Å². The molecule has 3 aromatic carbocycles. The summed E-state index contributed by atoms with van der Waals surface area (Å²) in [5.74, 6) is 1.79. The van der Waals surface area contributed by atoms with E-state index in [0.29, 0.717) is 0 Å². The Bertz CT molecular complexity index is 986. The van der Waals surface area contributed by atoms with Crippen LogP contribution in [0.4, 0.5) is 0 Å². The lowest BCUT2D eigenvalue weighted by atomic mass is 9.85. The van der Waals surface area contributed by atoms with Crippen molar-refractivity contribution in [3.63, 3.8) is 0 Å². The number of ether oxygens (including phenoxy) is 2. The van der Waals surface area contributed by atoms with Gasteiger partial charge in [-0.3, -0.25) is 0 Å². The van der Waals surface area contributed by atoms with Gasteiger partial charge >= 0.3 is 0 Å². The monoisotopic (exact) mass is 373 g/mol. The second-order valence-corrected chi connectivity index (χ2v) is 8.15. The molecule has 2 aliphatic rings. The molecule has 5 rings (SSSR count). The summed E-state index contributed by atoms with van der Waals surface area (Å²) in [4.78, 5) is 0. The summed E-state index contributed by atoms with van der Waals surface area (Å²) in [6.45, 7) is 0.846. The van der Waals surface area contributed by atoms with Crippen LogP contribution in [0.15, 0.2) is 60.7 Å². The number of benzene rings is 3. The van der Waals surface area contributed by atoms with Crippen molar-refractivity contribution in [1.29, 1.82) is 0 Å². The molecule has 1 N–H and O–H groups in total. The molecule has 3 aromatic rings. The predicted octanol–water partition coefficient (Wildman–Crippen LogP) is 5.77. The van der Waals surface area contributed by atoms with Crippen molar-refractivity contribution >= 4 is 10.8 Å². The number of methoxy groups -OCH3 is 1. The lowest BCUT2D eigenvalue weighted by molar-refractivity contribution is 0.0334.